The van der Waals surface area contributed by atoms with Gasteiger partial charge in [0.05, 0.1) is 5.57 Å². The van der Waals surface area contributed by atoms with Gasteiger partial charge >= 0.3 is 6.18 Å². The normalized spacial score (nSPS) is 16.1. The van der Waals surface area contributed by atoms with Crippen molar-refractivity contribution in [3.05, 3.63) is 34.9 Å². The van der Waals surface area contributed by atoms with E-state index in [4.69, 9.17) is 5.73 Å². The maximum atomic E-state index is 14.5. The third-order valence-electron chi connectivity index (χ3n) is 2.56. The Labute approximate surface area is 123 Å². The summed E-state index contributed by atoms with van der Waals surface area (Å²) >= 11 is 0. The zero-order chi connectivity index (χ0) is 17.0. The number of halogens is 4. The Morgan fingerprint density at radius 1 is 1.14 bits per heavy atom. The number of nitrogens with one attached hydrogen (secondary N) is 1. The summed E-state index contributed by atoms with van der Waals surface area (Å²) in [6.07, 6.45) is -2.57. The first-order chi connectivity index (χ1) is 9.32. The minimum Gasteiger partial charge on any atom is -0.383 e. The summed E-state index contributed by atoms with van der Waals surface area (Å²) < 4.78 is 54.2. The van der Waals surface area contributed by atoms with Gasteiger partial charge in [0.2, 0.25) is 0 Å². The van der Waals surface area contributed by atoms with Gasteiger partial charge in [0.1, 0.15) is 5.82 Å². The van der Waals surface area contributed by atoms with Crippen LogP contribution in [0.15, 0.2) is 34.9 Å². The van der Waals surface area contributed by atoms with Crippen LogP contribution in [0.1, 0.15) is 41.5 Å². The van der Waals surface area contributed by atoms with Gasteiger partial charge in [-0.1, -0.05) is 32.9 Å². The summed E-state index contributed by atoms with van der Waals surface area (Å²) in [7, 11) is 0. The number of alkyl halides is 3. The van der Waals surface area contributed by atoms with Crippen molar-refractivity contribution in [3.8, 4) is 0 Å². The van der Waals surface area contributed by atoms with E-state index in [0.29, 0.717) is 0 Å². The Morgan fingerprint density at radius 3 is 1.90 bits per heavy atom. The van der Waals surface area contributed by atoms with Crippen LogP contribution in [0.25, 0.3) is 0 Å². The first-order valence-corrected chi connectivity index (χ1v) is 6.69. The monoisotopic (exact) mass is 308 g/mol. The van der Waals surface area contributed by atoms with Gasteiger partial charge in [-0.2, -0.15) is 13.2 Å². The highest BCUT2D eigenvalue weighted by atomic mass is 19.4. The molecule has 0 aromatic carbocycles. The zero-order valence-corrected chi connectivity index (χ0v) is 13.3. The molecule has 3 N–H and O–H groups in total. The summed E-state index contributed by atoms with van der Waals surface area (Å²) in [4.78, 5) is 0. The van der Waals surface area contributed by atoms with Gasteiger partial charge in [0, 0.05) is 11.6 Å². The Morgan fingerprint density at radius 2 is 1.62 bits per heavy atom. The topological polar surface area (TPSA) is 38.0 Å². The van der Waals surface area contributed by atoms with E-state index in [1.54, 1.807) is 13.8 Å². The van der Waals surface area contributed by atoms with Crippen molar-refractivity contribution in [1.82, 2.24) is 5.32 Å². The second-order valence-electron chi connectivity index (χ2n) is 6.06. The van der Waals surface area contributed by atoms with Crippen LogP contribution < -0.4 is 11.1 Å². The molecule has 0 aromatic heterocycles. The van der Waals surface area contributed by atoms with Crippen molar-refractivity contribution in [2.45, 2.75) is 53.8 Å². The SMILES string of the molecule is C\C=C/C(=C(\C(F)=C(/N)NC(C)C)C(C)(C)C)C(F)(F)F. The smallest absolute Gasteiger partial charge is 0.383 e. The standard InChI is InChI=1S/C15H24F4N2/c1-7-8-10(15(17,18)19)11(14(4,5)6)12(16)13(20)21-9(2)3/h7-9,21H,20H2,1-6H3/b8-7-,11-10-,13-12-. The summed E-state index contributed by atoms with van der Waals surface area (Å²) in [6.45, 7) is 9.43. The van der Waals surface area contributed by atoms with Gasteiger partial charge in [-0.3, -0.25) is 0 Å². The van der Waals surface area contributed by atoms with Gasteiger partial charge in [-0.15, -0.1) is 0 Å². The van der Waals surface area contributed by atoms with Gasteiger partial charge in [0.25, 0.3) is 0 Å². The largest absolute Gasteiger partial charge is 0.416 e. The number of hydrogen-bond donors (Lipinski definition) is 2. The van der Waals surface area contributed by atoms with Crippen molar-refractivity contribution >= 4 is 0 Å². The lowest BCUT2D eigenvalue weighted by Gasteiger charge is -2.27. The van der Waals surface area contributed by atoms with Crippen LogP contribution >= 0.6 is 0 Å². The molecule has 0 atom stereocenters. The van der Waals surface area contributed by atoms with Crippen molar-refractivity contribution in [3.63, 3.8) is 0 Å². The fraction of sp³-hybridized carbons (Fsp3) is 0.600. The van der Waals surface area contributed by atoms with E-state index in [1.165, 1.54) is 33.8 Å². The van der Waals surface area contributed by atoms with E-state index in [2.05, 4.69) is 5.32 Å². The predicted molar refractivity (Wildman–Crippen MR) is 77.9 cm³/mol. The van der Waals surface area contributed by atoms with Crippen LogP contribution in [0, 0.1) is 5.41 Å². The Balaban J connectivity index is 6.37. The summed E-state index contributed by atoms with van der Waals surface area (Å²) in [6, 6.07) is -0.187. The van der Waals surface area contributed by atoms with E-state index >= 15 is 0 Å². The van der Waals surface area contributed by atoms with E-state index in [0.717, 1.165) is 6.08 Å². The second kappa shape index (κ2) is 7.00. The molecule has 0 fully saturated rings. The highest BCUT2D eigenvalue weighted by molar-refractivity contribution is 5.44. The molecule has 2 nitrogen and oxygen atoms in total. The molecule has 0 aliphatic heterocycles. The number of hydrogen-bond acceptors (Lipinski definition) is 2. The minimum absolute atomic E-state index is 0.187. The summed E-state index contributed by atoms with van der Waals surface area (Å²) in [5, 5.41) is 2.60. The van der Waals surface area contributed by atoms with Crippen LogP contribution in [-0.2, 0) is 0 Å². The lowest BCUT2D eigenvalue weighted by atomic mass is 9.81. The zero-order valence-electron chi connectivity index (χ0n) is 13.3. The van der Waals surface area contributed by atoms with Crippen molar-refractivity contribution < 1.29 is 17.6 Å². The molecule has 0 aliphatic carbocycles. The Kier molecular flexibility index (Phi) is 6.52. The maximum absolute atomic E-state index is 14.5. The number of rotatable bonds is 4. The molecular formula is C15H24F4N2. The highest BCUT2D eigenvalue weighted by Crippen LogP contribution is 2.41. The van der Waals surface area contributed by atoms with Gasteiger partial charge in [-0.05, 0) is 26.2 Å². The maximum Gasteiger partial charge on any atom is 0.416 e. The van der Waals surface area contributed by atoms with Crippen LogP contribution in [0.5, 0.6) is 0 Å². The quantitative estimate of drug-likeness (QED) is 0.590. The fourth-order valence-corrected chi connectivity index (χ4v) is 1.85. The third-order valence-corrected chi connectivity index (χ3v) is 2.56. The van der Waals surface area contributed by atoms with E-state index in [9.17, 15) is 17.6 Å². The number of nitrogens with two attached hydrogens (primary N) is 1. The molecule has 6 heteroatoms. The first-order valence-electron chi connectivity index (χ1n) is 6.69. The fourth-order valence-electron chi connectivity index (χ4n) is 1.85. The van der Waals surface area contributed by atoms with Crippen LogP contribution in [0.3, 0.4) is 0 Å². The second-order valence-corrected chi connectivity index (χ2v) is 6.06. The van der Waals surface area contributed by atoms with Crippen molar-refractivity contribution in [1.29, 1.82) is 0 Å². The molecule has 0 saturated carbocycles. The number of allylic oxidation sites excluding steroid dienone is 5. The van der Waals surface area contributed by atoms with Crippen LogP contribution in [0.2, 0.25) is 0 Å². The third kappa shape index (κ3) is 5.81. The highest BCUT2D eigenvalue weighted by Gasteiger charge is 2.39. The van der Waals surface area contributed by atoms with E-state index < -0.39 is 28.6 Å². The molecule has 0 aliphatic rings. The molecule has 0 bridgehead atoms. The molecule has 0 radical (unpaired) electrons. The first kappa shape index (κ1) is 19.5. The molecular weight excluding hydrogens is 284 g/mol. The molecule has 0 spiro atoms. The molecule has 0 unspecified atom stereocenters. The summed E-state index contributed by atoms with van der Waals surface area (Å²) in [5.74, 6) is -1.46. The minimum atomic E-state index is -4.66. The molecule has 0 rings (SSSR count). The summed E-state index contributed by atoms with van der Waals surface area (Å²) in [5.41, 5.74) is 3.02. The van der Waals surface area contributed by atoms with Crippen molar-refractivity contribution in [2.24, 2.45) is 11.1 Å². The average Bonchev–Trinajstić information content (AvgIpc) is 2.23. The molecule has 0 saturated heterocycles. The molecule has 122 valence electrons. The lowest BCUT2D eigenvalue weighted by Crippen LogP contribution is -2.30. The van der Waals surface area contributed by atoms with Crippen LogP contribution in [-0.4, -0.2) is 12.2 Å². The predicted octanol–water partition coefficient (Wildman–Crippen LogP) is 4.56. The molecule has 0 heterocycles. The molecule has 0 aromatic rings. The van der Waals surface area contributed by atoms with Crippen molar-refractivity contribution in [2.75, 3.05) is 0 Å². The molecule has 0 amide bonds. The lowest BCUT2D eigenvalue weighted by molar-refractivity contribution is -0.0898. The Bertz CT molecular complexity index is 449. The van der Waals surface area contributed by atoms with E-state index in [-0.39, 0.29) is 11.9 Å². The van der Waals surface area contributed by atoms with E-state index in [1.807, 2.05) is 0 Å². The molecule has 21 heavy (non-hydrogen) atoms. The average molecular weight is 308 g/mol. The Hall–Kier alpha value is -1.46. The van der Waals surface area contributed by atoms with Gasteiger partial charge in [-0.25, -0.2) is 4.39 Å². The van der Waals surface area contributed by atoms with Gasteiger partial charge in [0.15, 0.2) is 5.83 Å². The van der Waals surface area contributed by atoms with Crippen LogP contribution in [0.4, 0.5) is 17.6 Å². The van der Waals surface area contributed by atoms with Gasteiger partial charge < -0.3 is 11.1 Å².